The van der Waals surface area contributed by atoms with Gasteiger partial charge >= 0.3 is 0 Å². The van der Waals surface area contributed by atoms with Crippen molar-refractivity contribution in [3.63, 3.8) is 0 Å². The van der Waals surface area contributed by atoms with Gasteiger partial charge in [-0.3, -0.25) is 0 Å². The zero-order valence-corrected chi connectivity index (χ0v) is 11.9. The van der Waals surface area contributed by atoms with Crippen molar-refractivity contribution >= 4 is 15.9 Å². The van der Waals surface area contributed by atoms with E-state index in [1.165, 1.54) is 5.56 Å². The number of quaternary nitrogens is 1. The SMILES string of the molecule is CCOc1ccc(Br)cc1C[NH+](CC)CC. The molecular formula is C13H21BrNO+. The molecule has 0 saturated carbocycles. The maximum atomic E-state index is 5.65. The molecule has 0 atom stereocenters. The van der Waals surface area contributed by atoms with E-state index in [0.29, 0.717) is 0 Å². The third-order valence-corrected chi connectivity index (χ3v) is 3.26. The maximum absolute atomic E-state index is 5.65. The lowest BCUT2D eigenvalue weighted by Crippen LogP contribution is -3.10. The molecule has 0 bridgehead atoms. The molecule has 1 aromatic carbocycles. The molecule has 0 heterocycles. The van der Waals surface area contributed by atoms with Crippen molar-refractivity contribution in [2.24, 2.45) is 0 Å². The molecule has 3 heteroatoms. The lowest BCUT2D eigenvalue weighted by atomic mass is 10.2. The summed E-state index contributed by atoms with van der Waals surface area (Å²) in [6, 6.07) is 6.24. The number of hydrogen-bond donors (Lipinski definition) is 1. The van der Waals surface area contributed by atoms with Crippen molar-refractivity contribution in [1.29, 1.82) is 0 Å². The van der Waals surface area contributed by atoms with Crippen LogP contribution in [0, 0.1) is 0 Å². The normalized spacial score (nSPS) is 10.8. The molecular weight excluding hydrogens is 266 g/mol. The first-order valence-corrected chi connectivity index (χ1v) is 6.75. The Morgan fingerprint density at radius 2 is 1.88 bits per heavy atom. The molecule has 16 heavy (non-hydrogen) atoms. The summed E-state index contributed by atoms with van der Waals surface area (Å²) < 4.78 is 6.77. The Morgan fingerprint density at radius 3 is 2.44 bits per heavy atom. The zero-order valence-electron chi connectivity index (χ0n) is 10.3. The molecule has 0 radical (unpaired) electrons. The second kappa shape index (κ2) is 6.92. The summed E-state index contributed by atoms with van der Waals surface area (Å²) in [5, 5.41) is 0. The molecule has 1 aromatic rings. The molecule has 0 unspecified atom stereocenters. The van der Waals surface area contributed by atoms with Gasteiger partial charge < -0.3 is 9.64 Å². The van der Waals surface area contributed by atoms with E-state index in [2.05, 4.69) is 35.8 Å². The lowest BCUT2D eigenvalue weighted by Gasteiger charge is -2.17. The Balaban J connectivity index is 2.86. The van der Waals surface area contributed by atoms with Gasteiger partial charge in [0.15, 0.2) is 0 Å². The van der Waals surface area contributed by atoms with Crippen molar-refractivity contribution in [2.45, 2.75) is 27.3 Å². The topological polar surface area (TPSA) is 13.7 Å². The predicted molar refractivity (Wildman–Crippen MR) is 71.1 cm³/mol. The largest absolute Gasteiger partial charge is 0.493 e. The highest BCUT2D eigenvalue weighted by molar-refractivity contribution is 9.10. The molecule has 0 aliphatic carbocycles. The first kappa shape index (κ1) is 13.5. The van der Waals surface area contributed by atoms with Crippen LogP contribution in [0.2, 0.25) is 0 Å². The fraction of sp³-hybridized carbons (Fsp3) is 0.538. The van der Waals surface area contributed by atoms with Crippen LogP contribution < -0.4 is 9.64 Å². The summed E-state index contributed by atoms with van der Waals surface area (Å²) in [5.41, 5.74) is 1.29. The number of halogens is 1. The third-order valence-electron chi connectivity index (χ3n) is 2.76. The van der Waals surface area contributed by atoms with Crippen LogP contribution >= 0.6 is 15.9 Å². The molecule has 0 aliphatic rings. The van der Waals surface area contributed by atoms with E-state index in [0.717, 1.165) is 36.5 Å². The van der Waals surface area contributed by atoms with E-state index < -0.39 is 0 Å². The van der Waals surface area contributed by atoms with Crippen LogP contribution in [0.5, 0.6) is 5.75 Å². The van der Waals surface area contributed by atoms with Gasteiger partial charge in [0.25, 0.3) is 0 Å². The van der Waals surface area contributed by atoms with Crippen molar-refractivity contribution in [2.75, 3.05) is 19.7 Å². The van der Waals surface area contributed by atoms with Gasteiger partial charge in [0, 0.05) is 10.0 Å². The molecule has 90 valence electrons. The molecule has 1 N–H and O–H groups in total. The average Bonchev–Trinajstić information content (AvgIpc) is 2.29. The Bertz CT molecular complexity index is 324. The second-order valence-electron chi connectivity index (χ2n) is 3.82. The van der Waals surface area contributed by atoms with Crippen LogP contribution in [0.15, 0.2) is 22.7 Å². The summed E-state index contributed by atoms with van der Waals surface area (Å²) >= 11 is 3.52. The van der Waals surface area contributed by atoms with Crippen LogP contribution in [-0.2, 0) is 6.54 Å². The monoisotopic (exact) mass is 286 g/mol. The van der Waals surface area contributed by atoms with Crippen molar-refractivity contribution in [1.82, 2.24) is 0 Å². The molecule has 0 saturated heterocycles. The average molecular weight is 287 g/mol. The zero-order chi connectivity index (χ0) is 12.0. The van der Waals surface area contributed by atoms with Gasteiger partial charge in [0.05, 0.1) is 19.7 Å². The number of rotatable bonds is 6. The number of hydrogen-bond acceptors (Lipinski definition) is 1. The van der Waals surface area contributed by atoms with Crippen LogP contribution in [-0.4, -0.2) is 19.7 Å². The van der Waals surface area contributed by atoms with Gasteiger partial charge in [-0.25, -0.2) is 0 Å². The number of benzene rings is 1. The summed E-state index contributed by atoms with van der Waals surface area (Å²) in [7, 11) is 0. The minimum absolute atomic E-state index is 0.724. The van der Waals surface area contributed by atoms with Gasteiger partial charge in [-0.2, -0.15) is 0 Å². The van der Waals surface area contributed by atoms with E-state index in [9.17, 15) is 0 Å². The van der Waals surface area contributed by atoms with Gasteiger partial charge in [-0.05, 0) is 39.0 Å². The van der Waals surface area contributed by atoms with E-state index in [1.807, 2.05) is 19.1 Å². The quantitative estimate of drug-likeness (QED) is 0.847. The Labute approximate surface area is 107 Å². The fourth-order valence-corrected chi connectivity index (χ4v) is 2.16. The highest BCUT2D eigenvalue weighted by Gasteiger charge is 2.10. The smallest absolute Gasteiger partial charge is 0.128 e. The summed E-state index contributed by atoms with van der Waals surface area (Å²) in [6.07, 6.45) is 0. The Kier molecular flexibility index (Phi) is 5.85. The molecule has 0 fully saturated rings. The van der Waals surface area contributed by atoms with E-state index in [1.54, 1.807) is 4.90 Å². The summed E-state index contributed by atoms with van der Waals surface area (Å²) in [5.74, 6) is 1.02. The first-order valence-electron chi connectivity index (χ1n) is 5.96. The van der Waals surface area contributed by atoms with E-state index in [-0.39, 0.29) is 0 Å². The second-order valence-corrected chi connectivity index (χ2v) is 4.73. The lowest BCUT2D eigenvalue weighted by molar-refractivity contribution is -0.910. The maximum Gasteiger partial charge on any atom is 0.128 e. The highest BCUT2D eigenvalue weighted by atomic mass is 79.9. The van der Waals surface area contributed by atoms with E-state index in [4.69, 9.17) is 4.74 Å². The minimum atomic E-state index is 0.724. The van der Waals surface area contributed by atoms with Crippen molar-refractivity contribution < 1.29 is 9.64 Å². The van der Waals surface area contributed by atoms with E-state index >= 15 is 0 Å². The predicted octanol–water partition coefficient (Wildman–Crippen LogP) is 2.27. The number of nitrogens with one attached hydrogen (secondary N) is 1. The minimum Gasteiger partial charge on any atom is -0.493 e. The van der Waals surface area contributed by atoms with Gasteiger partial charge in [0.1, 0.15) is 12.3 Å². The van der Waals surface area contributed by atoms with Crippen LogP contribution in [0.3, 0.4) is 0 Å². The molecule has 0 amide bonds. The van der Waals surface area contributed by atoms with Crippen LogP contribution in [0.25, 0.3) is 0 Å². The van der Waals surface area contributed by atoms with Crippen LogP contribution in [0.4, 0.5) is 0 Å². The standard InChI is InChI=1S/C13H20BrNO/c1-4-15(5-2)10-11-9-12(14)7-8-13(11)16-6-3/h7-9H,4-6,10H2,1-3H3/p+1. The van der Waals surface area contributed by atoms with Gasteiger partial charge in [0.2, 0.25) is 0 Å². The third kappa shape index (κ3) is 3.80. The fourth-order valence-electron chi connectivity index (χ4n) is 1.75. The van der Waals surface area contributed by atoms with Crippen molar-refractivity contribution in [3.05, 3.63) is 28.2 Å². The number of ether oxygens (including phenoxy) is 1. The summed E-state index contributed by atoms with van der Waals surface area (Å²) in [4.78, 5) is 1.57. The van der Waals surface area contributed by atoms with Crippen molar-refractivity contribution in [3.8, 4) is 5.75 Å². The Hall–Kier alpha value is -0.540. The molecule has 0 spiro atoms. The van der Waals surface area contributed by atoms with Crippen LogP contribution in [0.1, 0.15) is 26.3 Å². The van der Waals surface area contributed by atoms with Gasteiger partial charge in [-0.15, -0.1) is 0 Å². The Morgan fingerprint density at radius 1 is 1.19 bits per heavy atom. The highest BCUT2D eigenvalue weighted by Crippen LogP contribution is 2.22. The molecule has 0 aromatic heterocycles. The van der Waals surface area contributed by atoms with Gasteiger partial charge in [-0.1, -0.05) is 15.9 Å². The molecule has 2 nitrogen and oxygen atoms in total. The molecule has 0 aliphatic heterocycles. The molecule has 1 rings (SSSR count). The summed E-state index contributed by atoms with van der Waals surface area (Å²) in [6.45, 7) is 10.5. The first-order chi connectivity index (χ1) is 7.71.